The number of rotatable bonds is 8. The Kier molecular flexibility index (Phi) is 10.7. The minimum absolute atomic E-state index is 0.104. The van der Waals surface area contributed by atoms with Crippen LogP contribution in [-0.4, -0.2) is 29.3 Å². The zero-order valence-corrected chi connectivity index (χ0v) is 23.5. The molecular formula is C25H21Cl3F7NO2S. The molecule has 1 unspecified atom stereocenters. The Morgan fingerprint density at radius 1 is 1.05 bits per heavy atom. The third kappa shape index (κ3) is 8.96. The third-order valence-electron chi connectivity index (χ3n) is 5.51. The lowest BCUT2D eigenvalue weighted by molar-refractivity contribution is -0.155. The number of thiocarbonyl (C=S) groups is 1. The minimum atomic E-state index is -5.07. The summed E-state index contributed by atoms with van der Waals surface area (Å²) in [7, 11) is 0. The number of carbonyl (C=O) groups is 1. The molecule has 2 aromatic rings. The van der Waals surface area contributed by atoms with E-state index in [1.807, 2.05) is 0 Å². The monoisotopic (exact) mass is 637 g/mol. The lowest BCUT2D eigenvalue weighted by Gasteiger charge is -2.23. The van der Waals surface area contributed by atoms with Gasteiger partial charge in [0, 0.05) is 11.1 Å². The van der Waals surface area contributed by atoms with E-state index >= 15 is 4.39 Å². The number of benzene rings is 2. The molecule has 0 aliphatic carbocycles. The minimum Gasteiger partial charge on any atom is -0.458 e. The van der Waals surface area contributed by atoms with Gasteiger partial charge in [0.05, 0.1) is 20.6 Å². The van der Waals surface area contributed by atoms with Crippen molar-refractivity contribution in [2.75, 3.05) is 6.54 Å². The summed E-state index contributed by atoms with van der Waals surface area (Å²) in [5.41, 5.74) is -4.21. The van der Waals surface area contributed by atoms with E-state index in [2.05, 4.69) is 5.32 Å². The third-order valence-corrected chi connectivity index (χ3v) is 7.07. The van der Waals surface area contributed by atoms with Crippen LogP contribution in [0.25, 0.3) is 5.83 Å². The molecule has 214 valence electrons. The maximum atomic E-state index is 15.0. The van der Waals surface area contributed by atoms with Crippen molar-refractivity contribution >= 4 is 63.8 Å². The van der Waals surface area contributed by atoms with Crippen molar-refractivity contribution in [1.29, 1.82) is 0 Å². The Balaban J connectivity index is 2.44. The molecule has 1 N–H and O–H groups in total. The lowest BCUT2D eigenvalue weighted by atomic mass is 9.95. The van der Waals surface area contributed by atoms with Crippen molar-refractivity contribution in [3.63, 3.8) is 0 Å². The number of ether oxygens (including phenoxy) is 1. The van der Waals surface area contributed by atoms with Crippen molar-refractivity contribution in [3.8, 4) is 0 Å². The number of esters is 1. The predicted octanol–water partition coefficient (Wildman–Crippen LogP) is 9.32. The predicted molar refractivity (Wildman–Crippen MR) is 141 cm³/mol. The summed E-state index contributed by atoms with van der Waals surface area (Å²) >= 11 is 22.3. The first-order valence-corrected chi connectivity index (χ1v) is 12.6. The SMILES string of the molecule is CCC(C)(C)OC(=O)CNC(=S)c1ccc(/C(F)=C/C(c2cc(Cl)c(Cl)c(Cl)c2)C(F)(F)F)cc1C(F)(F)F. The van der Waals surface area contributed by atoms with Gasteiger partial charge in [-0.15, -0.1) is 0 Å². The summed E-state index contributed by atoms with van der Waals surface area (Å²) < 4.78 is 103. The topological polar surface area (TPSA) is 38.3 Å². The molecule has 39 heavy (non-hydrogen) atoms. The Morgan fingerprint density at radius 2 is 1.62 bits per heavy atom. The fraction of sp³-hybridized carbons (Fsp3) is 0.360. The second-order valence-corrected chi connectivity index (χ2v) is 10.5. The fourth-order valence-electron chi connectivity index (χ4n) is 3.17. The number of carbonyl (C=O) groups excluding carboxylic acids is 1. The number of halogens is 10. The van der Waals surface area contributed by atoms with Crippen LogP contribution in [0, 0.1) is 0 Å². The molecule has 0 saturated carbocycles. The van der Waals surface area contributed by atoms with Crippen molar-refractivity contribution in [3.05, 3.63) is 73.7 Å². The van der Waals surface area contributed by atoms with Crippen LogP contribution in [0.5, 0.6) is 0 Å². The molecule has 0 aliphatic heterocycles. The zero-order valence-electron chi connectivity index (χ0n) is 20.5. The second-order valence-electron chi connectivity index (χ2n) is 8.86. The van der Waals surface area contributed by atoms with E-state index in [0.29, 0.717) is 12.5 Å². The Morgan fingerprint density at radius 3 is 2.10 bits per heavy atom. The molecule has 2 aromatic carbocycles. The van der Waals surface area contributed by atoms with Gasteiger partial charge in [-0.3, -0.25) is 4.79 Å². The van der Waals surface area contributed by atoms with Crippen LogP contribution in [0.15, 0.2) is 36.4 Å². The van der Waals surface area contributed by atoms with Gasteiger partial charge >= 0.3 is 18.3 Å². The highest BCUT2D eigenvalue weighted by Crippen LogP contribution is 2.42. The molecule has 2 rings (SSSR count). The van der Waals surface area contributed by atoms with Crippen LogP contribution < -0.4 is 5.32 Å². The van der Waals surface area contributed by atoms with Gasteiger partial charge in [-0.1, -0.05) is 66.1 Å². The normalized spacial score (nSPS) is 13.7. The molecule has 0 amide bonds. The number of hydrogen-bond acceptors (Lipinski definition) is 3. The fourth-order valence-corrected chi connectivity index (χ4v) is 4.03. The average Bonchev–Trinajstić information content (AvgIpc) is 2.82. The molecule has 14 heteroatoms. The molecule has 0 aromatic heterocycles. The van der Waals surface area contributed by atoms with E-state index in [1.165, 1.54) is 0 Å². The highest BCUT2D eigenvalue weighted by atomic mass is 35.5. The van der Waals surface area contributed by atoms with Crippen LogP contribution >= 0.6 is 47.0 Å². The Hall–Kier alpha value is -2.08. The molecule has 0 aliphatic rings. The quantitative estimate of drug-likeness (QED) is 0.135. The van der Waals surface area contributed by atoms with Crippen LogP contribution in [-0.2, 0) is 15.7 Å². The summed E-state index contributed by atoms with van der Waals surface area (Å²) in [5, 5.41) is 1.49. The van der Waals surface area contributed by atoms with Crippen molar-refractivity contribution in [2.24, 2.45) is 0 Å². The maximum Gasteiger partial charge on any atom is 0.417 e. The van der Waals surface area contributed by atoms with E-state index in [0.717, 1.165) is 24.3 Å². The summed E-state index contributed by atoms with van der Waals surface area (Å²) in [4.78, 5) is 11.5. The Labute approximate surface area is 240 Å². The zero-order chi connectivity index (χ0) is 29.9. The summed E-state index contributed by atoms with van der Waals surface area (Å²) in [6, 6.07) is 3.61. The first-order valence-electron chi connectivity index (χ1n) is 11.1. The number of allylic oxidation sites excluding steroid dienone is 1. The standard InChI is InChI=1S/C25H21Cl3F7NO2S/c1-4-23(2,3)38-20(37)11-36-22(39)14-6-5-12(7-16(14)25(33,34)35)19(29)10-15(24(30,31)32)13-8-17(26)21(28)18(27)9-13/h5-10,15H,4,11H2,1-3H3,(H,36,39)/b19-10-. The van der Waals surface area contributed by atoms with Gasteiger partial charge < -0.3 is 10.1 Å². The van der Waals surface area contributed by atoms with Gasteiger partial charge in [-0.2, -0.15) is 26.3 Å². The van der Waals surface area contributed by atoms with Crippen LogP contribution in [0.1, 0.15) is 55.4 Å². The van der Waals surface area contributed by atoms with Crippen LogP contribution in [0.4, 0.5) is 30.7 Å². The van der Waals surface area contributed by atoms with E-state index < -0.39 is 69.5 Å². The summed E-state index contributed by atoms with van der Waals surface area (Å²) in [6.07, 6.45) is -9.54. The molecule has 0 heterocycles. The second kappa shape index (κ2) is 12.6. The maximum absolute atomic E-state index is 15.0. The van der Waals surface area contributed by atoms with E-state index in [4.69, 9.17) is 51.8 Å². The molecule has 0 saturated heterocycles. The molecule has 1 atom stereocenters. The molecule has 0 fully saturated rings. The molecular weight excluding hydrogens is 618 g/mol. The van der Waals surface area contributed by atoms with E-state index in [9.17, 15) is 31.1 Å². The largest absolute Gasteiger partial charge is 0.458 e. The molecule has 0 bridgehead atoms. The number of hydrogen-bond donors (Lipinski definition) is 1. The lowest BCUT2D eigenvalue weighted by Crippen LogP contribution is -2.36. The Bertz CT molecular complexity index is 1250. The molecule has 0 radical (unpaired) electrons. The van der Waals surface area contributed by atoms with Crippen LogP contribution in [0.2, 0.25) is 15.1 Å². The average molecular weight is 639 g/mol. The number of nitrogens with one attached hydrogen (secondary N) is 1. The van der Waals surface area contributed by atoms with Gasteiger partial charge in [0.1, 0.15) is 28.9 Å². The highest BCUT2D eigenvalue weighted by Gasteiger charge is 2.41. The van der Waals surface area contributed by atoms with Crippen molar-refractivity contribution in [2.45, 2.75) is 51.1 Å². The van der Waals surface area contributed by atoms with Crippen molar-refractivity contribution < 1.29 is 40.3 Å². The molecule has 0 spiro atoms. The summed E-state index contributed by atoms with van der Waals surface area (Å²) in [6.45, 7) is 4.51. The number of alkyl halides is 6. The first-order chi connectivity index (χ1) is 17.8. The van der Waals surface area contributed by atoms with Gasteiger partial charge in [-0.25, -0.2) is 4.39 Å². The van der Waals surface area contributed by atoms with Gasteiger partial charge in [0.2, 0.25) is 0 Å². The van der Waals surface area contributed by atoms with Crippen LogP contribution in [0.3, 0.4) is 0 Å². The summed E-state index contributed by atoms with van der Waals surface area (Å²) in [5.74, 6) is -4.98. The van der Waals surface area contributed by atoms with Crippen molar-refractivity contribution in [1.82, 2.24) is 5.32 Å². The van der Waals surface area contributed by atoms with Gasteiger partial charge in [0.15, 0.2) is 0 Å². The van der Waals surface area contributed by atoms with Gasteiger partial charge in [0.25, 0.3) is 0 Å². The van der Waals surface area contributed by atoms with E-state index in [1.54, 1.807) is 20.8 Å². The van der Waals surface area contributed by atoms with Gasteiger partial charge in [-0.05, 0) is 50.1 Å². The highest BCUT2D eigenvalue weighted by molar-refractivity contribution is 7.80. The molecule has 3 nitrogen and oxygen atoms in total. The first kappa shape index (κ1) is 33.1. The van der Waals surface area contributed by atoms with E-state index in [-0.39, 0.29) is 21.1 Å². The smallest absolute Gasteiger partial charge is 0.417 e.